The van der Waals surface area contributed by atoms with Crippen molar-refractivity contribution < 1.29 is 14.1 Å². The van der Waals surface area contributed by atoms with Crippen LogP contribution in [0.4, 0.5) is 4.79 Å². The fourth-order valence-corrected chi connectivity index (χ4v) is 3.40. The summed E-state index contributed by atoms with van der Waals surface area (Å²) in [7, 11) is 0. The van der Waals surface area contributed by atoms with Crippen LogP contribution in [0.3, 0.4) is 0 Å². The van der Waals surface area contributed by atoms with Crippen molar-refractivity contribution in [2.45, 2.75) is 39.2 Å². The van der Waals surface area contributed by atoms with Crippen LogP contribution in [0.2, 0.25) is 0 Å². The van der Waals surface area contributed by atoms with Gasteiger partial charge in [-0.25, -0.2) is 4.79 Å². The average Bonchev–Trinajstić information content (AvgIpc) is 2.70. The van der Waals surface area contributed by atoms with Gasteiger partial charge >= 0.3 is 6.09 Å². The van der Waals surface area contributed by atoms with Crippen molar-refractivity contribution in [3.63, 3.8) is 0 Å². The Labute approximate surface area is 126 Å². The molecule has 2 aliphatic rings. The second kappa shape index (κ2) is 4.48. The van der Waals surface area contributed by atoms with Gasteiger partial charge in [-0.1, -0.05) is 5.16 Å². The molecule has 6 heteroatoms. The van der Waals surface area contributed by atoms with Gasteiger partial charge in [0.2, 0.25) is 0 Å². The van der Waals surface area contributed by atoms with Crippen LogP contribution in [0.1, 0.15) is 38.1 Å². The summed E-state index contributed by atoms with van der Waals surface area (Å²) < 4.78 is 11.6. The highest BCUT2D eigenvalue weighted by Crippen LogP contribution is 2.59. The molecule has 3 atom stereocenters. The molecule has 1 aliphatic carbocycles. The molecule has 0 aromatic carbocycles. The lowest BCUT2D eigenvalue weighted by molar-refractivity contribution is 0.0270. The number of aromatic nitrogens is 1. The van der Waals surface area contributed by atoms with Crippen LogP contribution in [0.5, 0.6) is 0 Å². The van der Waals surface area contributed by atoms with E-state index in [1.807, 2.05) is 27.7 Å². The maximum Gasteiger partial charge on any atom is 0.410 e. The summed E-state index contributed by atoms with van der Waals surface area (Å²) >= 11 is 3.52. The number of carbonyl (C=O) groups excluding carboxylic acids is 1. The van der Waals surface area contributed by atoms with E-state index < -0.39 is 5.60 Å². The van der Waals surface area contributed by atoms with Gasteiger partial charge in [-0.15, -0.1) is 0 Å². The normalized spacial score (nSPS) is 28.4. The van der Waals surface area contributed by atoms with Gasteiger partial charge in [-0.2, -0.15) is 0 Å². The second-order valence-corrected chi connectivity index (χ2v) is 7.47. The number of piperidine rings is 1. The Balaban J connectivity index is 1.61. The van der Waals surface area contributed by atoms with E-state index >= 15 is 0 Å². The van der Waals surface area contributed by atoms with Gasteiger partial charge in [0.25, 0.3) is 0 Å². The monoisotopic (exact) mass is 342 g/mol. The molecule has 1 aliphatic heterocycles. The van der Waals surface area contributed by atoms with Gasteiger partial charge in [0.05, 0.1) is 4.47 Å². The second-order valence-electron chi connectivity index (χ2n) is 6.68. The molecule has 110 valence electrons. The first kappa shape index (κ1) is 13.9. The molecule has 3 rings (SSSR count). The summed E-state index contributed by atoms with van der Waals surface area (Å²) in [5.41, 5.74) is 0.566. The fraction of sp³-hybridized carbons (Fsp3) is 0.714. The lowest BCUT2D eigenvalue weighted by Crippen LogP contribution is -2.36. The molecule has 1 unspecified atom stereocenters. The zero-order chi connectivity index (χ0) is 14.7. The van der Waals surface area contributed by atoms with E-state index in [-0.39, 0.29) is 6.09 Å². The lowest BCUT2D eigenvalue weighted by atomic mass is 10.2. The van der Waals surface area contributed by atoms with Crippen LogP contribution in [0.15, 0.2) is 9.00 Å². The SMILES string of the molecule is Cc1onc(C2[C@H]3CN(C(=O)OC(C)(C)C)C[C@@H]23)c1Br. The summed E-state index contributed by atoms with van der Waals surface area (Å²) in [5, 5.41) is 4.13. The van der Waals surface area contributed by atoms with Gasteiger partial charge in [0.1, 0.15) is 17.1 Å². The Morgan fingerprint density at radius 1 is 1.40 bits per heavy atom. The van der Waals surface area contributed by atoms with Gasteiger partial charge in [0.15, 0.2) is 0 Å². The van der Waals surface area contributed by atoms with Gasteiger partial charge in [-0.3, -0.25) is 0 Å². The predicted octanol–water partition coefficient (Wildman–Crippen LogP) is 3.33. The summed E-state index contributed by atoms with van der Waals surface area (Å²) in [4.78, 5) is 13.8. The minimum absolute atomic E-state index is 0.209. The van der Waals surface area contributed by atoms with Crippen LogP contribution in [-0.2, 0) is 4.74 Å². The summed E-state index contributed by atoms with van der Waals surface area (Å²) in [6.07, 6.45) is -0.209. The zero-order valence-corrected chi connectivity index (χ0v) is 13.7. The van der Waals surface area contributed by atoms with Crippen LogP contribution in [-0.4, -0.2) is 34.8 Å². The highest BCUT2D eigenvalue weighted by atomic mass is 79.9. The van der Waals surface area contributed by atoms with Crippen molar-refractivity contribution in [3.8, 4) is 0 Å². The van der Waals surface area contributed by atoms with Crippen LogP contribution >= 0.6 is 15.9 Å². The number of hydrogen-bond donors (Lipinski definition) is 0. The Bertz CT molecular complexity index is 537. The first-order valence-electron chi connectivity index (χ1n) is 6.87. The third-order valence-corrected chi connectivity index (χ3v) is 4.94. The van der Waals surface area contributed by atoms with E-state index in [4.69, 9.17) is 9.26 Å². The van der Waals surface area contributed by atoms with Gasteiger partial charge in [0, 0.05) is 19.0 Å². The molecule has 1 saturated carbocycles. The first-order valence-corrected chi connectivity index (χ1v) is 7.67. The molecule has 1 aromatic rings. The van der Waals surface area contributed by atoms with E-state index in [1.54, 1.807) is 4.90 Å². The van der Waals surface area contributed by atoms with E-state index in [2.05, 4.69) is 21.1 Å². The molecule has 2 heterocycles. The Morgan fingerprint density at radius 2 is 2.00 bits per heavy atom. The molecule has 20 heavy (non-hydrogen) atoms. The van der Waals surface area contributed by atoms with Gasteiger partial charge < -0.3 is 14.2 Å². The van der Waals surface area contributed by atoms with E-state index in [0.717, 1.165) is 29.0 Å². The average molecular weight is 343 g/mol. The molecule has 1 aromatic heterocycles. The van der Waals surface area contributed by atoms with Crippen molar-refractivity contribution in [1.82, 2.24) is 10.1 Å². The smallest absolute Gasteiger partial charge is 0.410 e. The van der Waals surface area contributed by atoms with Crippen LogP contribution in [0, 0.1) is 18.8 Å². The molecule has 0 radical (unpaired) electrons. The maximum absolute atomic E-state index is 12.0. The van der Waals surface area contributed by atoms with Crippen molar-refractivity contribution in [3.05, 3.63) is 15.9 Å². The number of aryl methyl sites for hydroxylation is 1. The Kier molecular flexibility index (Phi) is 3.12. The number of nitrogens with zero attached hydrogens (tertiary/aromatic N) is 2. The number of fused-ring (bicyclic) bond motifs is 1. The number of rotatable bonds is 1. The van der Waals surface area contributed by atoms with E-state index in [1.165, 1.54) is 0 Å². The number of hydrogen-bond acceptors (Lipinski definition) is 4. The summed E-state index contributed by atoms with van der Waals surface area (Å²) in [5.74, 6) is 2.21. The quantitative estimate of drug-likeness (QED) is 0.785. The standard InChI is InChI=1S/C14H19BrN2O3/c1-7-11(15)12(16-20-7)10-8-5-17(6-9(8)10)13(18)19-14(2,3)4/h8-10H,5-6H2,1-4H3/t8-,9+,10?. The molecule has 5 nitrogen and oxygen atoms in total. The van der Waals surface area contributed by atoms with Crippen molar-refractivity contribution in [2.75, 3.05) is 13.1 Å². The van der Waals surface area contributed by atoms with Crippen molar-refractivity contribution in [1.29, 1.82) is 0 Å². The van der Waals surface area contributed by atoms with Gasteiger partial charge in [-0.05, 0) is 55.5 Å². The molecule has 1 amide bonds. The molecule has 2 fully saturated rings. The van der Waals surface area contributed by atoms with Crippen LogP contribution < -0.4 is 0 Å². The maximum atomic E-state index is 12.0. The largest absolute Gasteiger partial charge is 0.444 e. The fourth-order valence-electron chi connectivity index (χ4n) is 2.99. The number of amides is 1. The van der Waals surface area contributed by atoms with Crippen molar-refractivity contribution >= 4 is 22.0 Å². The van der Waals surface area contributed by atoms with E-state index in [9.17, 15) is 4.79 Å². The number of carbonyl (C=O) groups is 1. The first-order chi connectivity index (χ1) is 9.28. The molecule has 0 N–H and O–H groups in total. The highest BCUT2D eigenvalue weighted by Gasteiger charge is 2.59. The summed E-state index contributed by atoms with van der Waals surface area (Å²) in [6, 6.07) is 0. The minimum Gasteiger partial charge on any atom is -0.444 e. The lowest BCUT2D eigenvalue weighted by Gasteiger charge is -2.25. The van der Waals surface area contributed by atoms with Crippen LogP contribution in [0.25, 0.3) is 0 Å². The number of ether oxygens (including phenoxy) is 1. The third kappa shape index (κ3) is 2.34. The third-order valence-electron chi connectivity index (χ3n) is 3.98. The topological polar surface area (TPSA) is 55.6 Å². The molecular weight excluding hydrogens is 324 g/mol. The predicted molar refractivity (Wildman–Crippen MR) is 76.5 cm³/mol. The van der Waals surface area contributed by atoms with Crippen molar-refractivity contribution in [2.24, 2.45) is 11.8 Å². The molecular formula is C14H19BrN2O3. The number of halogens is 1. The molecule has 1 saturated heterocycles. The summed E-state index contributed by atoms with van der Waals surface area (Å²) in [6.45, 7) is 9.07. The Hall–Kier alpha value is -1.04. The van der Waals surface area contributed by atoms with E-state index in [0.29, 0.717) is 17.8 Å². The molecule has 0 bridgehead atoms. The highest BCUT2D eigenvalue weighted by molar-refractivity contribution is 9.10. The number of likely N-dealkylation sites (tertiary alicyclic amines) is 1. The zero-order valence-electron chi connectivity index (χ0n) is 12.1. The Morgan fingerprint density at radius 3 is 2.45 bits per heavy atom. The minimum atomic E-state index is -0.435. The molecule has 0 spiro atoms.